The van der Waals surface area contributed by atoms with E-state index in [9.17, 15) is 72.3 Å². The molecule has 1 spiro atoms. The summed E-state index contributed by atoms with van der Waals surface area (Å²) in [5.74, 6) is -10.9. The van der Waals surface area contributed by atoms with Crippen LogP contribution in [-0.4, -0.2) is 232 Å². The summed E-state index contributed by atoms with van der Waals surface area (Å²) >= 11 is 0. The van der Waals surface area contributed by atoms with Crippen molar-refractivity contribution in [3.8, 4) is 5.75 Å². The van der Waals surface area contributed by atoms with Crippen LogP contribution in [0.25, 0.3) is 21.8 Å². The first kappa shape index (κ1) is 93.3. The van der Waals surface area contributed by atoms with Gasteiger partial charge in [-0.25, -0.2) is 14.4 Å². The predicted octanol–water partition coefficient (Wildman–Crippen LogP) is 12.3. The van der Waals surface area contributed by atoms with E-state index in [1.54, 1.807) is 93.9 Å². The van der Waals surface area contributed by atoms with Gasteiger partial charge < -0.3 is 62.9 Å². The average molecular weight is 1750 g/mol. The fourth-order valence-electron chi connectivity index (χ4n) is 20.3. The number of ether oxygens (including phenoxy) is 7. The second-order valence-corrected chi connectivity index (χ2v) is 36.2. The van der Waals surface area contributed by atoms with Crippen LogP contribution in [0.5, 0.6) is 5.75 Å². The lowest BCUT2D eigenvalue weighted by atomic mass is 9.47. The van der Waals surface area contributed by atoms with Crippen molar-refractivity contribution in [2.45, 2.75) is 187 Å². The molecule has 1 saturated carbocycles. The smallest absolute Gasteiger partial charge is 0.490 e. The first-order valence-corrected chi connectivity index (χ1v) is 43.0. The number of likely N-dealkylation sites (N-methyl/N-ethyl adjacent to an activating group) is 3. The molecule has 0 bridgehead atoms. The topological polar surface area (TPSA) is 319 Å². The average Bonchev–Trinajstić information content (AvgIpc) is 1.46. The number of fused-ring (bicyclic) bond motifs is 7. The van der Waals surface area contributed by atoms with E-state index in [0.29, 0.717) is 78.0 Å². The fourth-order valence-corrected chi connectivity index (χ4v) is 22.3. The van der Waals surface area contributed by atoms with Gasteiger partial charge >= 0.3 is 48.2 Å². The number of esters is 6. The molecule has 2 aromatic heterocycles. The Morgan fingerprint density at radius 1 is 0.607 bits per heavy atom. The molecule has 1 saturated heterocycles. The minimum absolute atomic E-state index is 0. The largest absolute Gasteiger partial charge is 0.496 e. The summed E-state index contributed by atoms with van der Waals surface area (Å²) in [6.45, 7) is 9.90. The van der Waals surface area contributed by atoms with Gasteiger partial charge in [0.05, 0.1) is 63.4 Å². The van der Waals surface area contributed by atoms with E-state index >= 15 is 4.79 Å². The number of para-hydroxylation sites is 2. The minimum Gasteiger partial charge on any atom is -0.496 e. The number of carbonyl (C=O) groups is 6. The molecule has 34 heteroatoms. The highest BCUT2D eigenvalue weighted by molar-refractivity contribution is 7.87. The lowest BCUT2D eigenvalue weighted by Crippen LogP contribution is -2.81. The van der Waals surface area contributed by atoms with E-state index in [1.165, 1.54) is 52.5 Å². The van der Waals surface area contributed by atoms with Gasteiger partial charge in [-0.2, -0.15) is 43.2 Å². The molecular formula is C88H108F6N6O20S2. The van der Waals surface area contributed by atoms with E-state index in [4.69, 9.17) is 41.5 Å². The number of halogens is 6. The summed E-state index contributed by atoms with van der Waals surface area (Å²) in [4.78, 5) is 96.6. The van der Waals surface area contributed by atoms with Crippen molar-refractivity contribution >= 4 is 83.5 Å². The third-order valence-electron chi connectivity index (χ3n) is 25.6. The summed E-state index contributed by atoms with van der Waals surface area (Å²) in [5, 5.41) is 15.1. The second kappa shape index (κ2) is 35.7. The number of nitrogens with one attached hydrogen (secondary N) is 2. The van der Waals surface area contributed by atoms with Crippen molar-refractivity contribution in [3.05, 3.63) is 166 Å². The summed E-state index contributed by atoms with van der Waals surface area (Å²) < 4.78 is 190. The molecule has 0 radical (unpaired) electrons. The van der Waals surface area contributed by atoms with E-state index in [2.05, 4.69) is 14.9 Å². The van der Waals surface area contributed by atoms with Crippen molar-refractivity contribution in [2.24, 2.45) is 17.3 Å². The predicted molar refractivity (Wildman–Crippen MR) is 439 cm³/mol. The summed E-state index contributed by atoms with van der Waals surface area (Å²) in [5.41, 5.74) is -3.90. The molecule has 5 aromatic carbocycles. The number of anilines is 1. The van der Waals surface area contributed by atoms with Crippen LogP contribution in [0.2, 0.25) is 0 Å². The van der Waals surface area contributed by atoms with Crippen molar-refractivity contribution < 1.29 is 119 Å². The van der Waals surface area contributed by atoms with Crippen LogP contribution in [0.1, 0.15) is 137 Å². The number of aromatic amines is 2. The number of aromatic nitrogens is 2. The Morgan fingerprint density at radius 2 is 1.11 bits per heavy atom. The number of rotatable bonds is 19. The SMILES string of the molecule is C.CC[C@]1(OC(=O)C(F)(F)F)C[C@H](COS(=O)(=O)c2ccc(C)cc2)CC(C(=O)OC)c2[nH]c3ccccc3c2CCN(C)C1.CC[C@]1(OC(=O)C(F)(F)F)C[C@H](COS(=O)(=O)c2ccc(C)cc2)C[C@](C(=O)OC)(c2cc3c(cc2OC)N(C)[C@@H]2C34CCN3CC=C[C@](CC)([C@H]34)[C@@H](OC(C)=O)[C@]2(O)C(=O)OC)c2[nH]c3ccccc3c2CCN(C)C1. The van der Waals surface area contributed by atoms with E-state index < -0.39 is 163 Å². The normalized spacial score (nSPS) is 27.1. The molecule has 5 aliphatic heterocycles. The third kappa shape index (κ3) is 17.2. The monoisotopic (exact) mass is 1750 g/mol. The summed E-state index contributed by atoms with van der Waals surface area (Å²) in [6, 6.07) is 28.6. The highest BCUT2D eigenvalue weighted by atomic mass is 32.2. The van der Waals surface area contributed by atoms with E-state index in [1.807, 2.05) is 73.7 Å². The van der Waals surface area contributed by atoms with Crippen LogP contribution >= 0.6 is 0 Å². The number of carbonyl (C=O) groups excluding carboxylic acids is 6. The van der Waals surface area contributed by atoms with Crippen LogP contribution in [0, 0.1) is 31.1 Å². The number of nitrogens with zero attached hydrogens (tertiary/aromatic N) is 4. The number of benzene rings is 5. The highest BCUT2D eigenvalue weighted by Gasteiger charge is 2.80. The van der Waals surface area contributed by atoms with Crippen LogP contribution in [0.4, 0.5) is 32.0 Å². The number of aryl methyl sites for hydroxylation is 2. The number of hydrogen-bond donors (Lipinski definition) is 3. The number of methoxy groups -OCH3 is 4. The van der Waals surface area contributed by atoms with Gasteiger partial charge in [0.1, 0.15) is 22.4 Å². The standard InChI is InChI=1S/C56H67F3N4O13S.C31H37F3N2O7S.CH4/c1-10-51(76-50(67)56(57,58)59)29-35(31-74-77(69,70)36-19-17-33(3)18-20-36)30-54(48(65)72-8,44-38(21-25-61(5)32-51)37-15-12-13-16-41(37)60-44)40-27-39-42(28-43(40)71-7)62(6)46-53(39)23-26-63-24-14-22-52(11-2,45(53)63)47(75-34(4)64)55(46,68)49(66)73-9;1-5-30(43-29(38)31(32,33)34)17-21(18-42-44(39,40)22-12-10-20(2)11-13-22)16-25(28(37)41-4)27-24(14-15-36(3)19-30)23-8-6-7-9-26(23)35-27;/h12-20,22,27-28,35,45-47,60,68H,10-11,21,23-26,29-32H2,1-9H3;6-13,21,25,35H,5,14-19H2,1-4H3;1H4/t35-,45-,46+,47+,51-,52+,53?,54-,55-;21-,25?,30+;/m01./s1. The zero-order valence-corrected chi connectivity index (χ0v) is 71.4. The Bertz CT molecular complexity index is 5340. The Morgan fingerprint density at radius 3 is 1.61 bits per heavy atom. The molecule has 1 aliphatic carbocycles. The molecule has 2 unspecified atom stereocenters. The molecular weight excluding hydrogens is 1640 g/mol. The van der Waals surface area contributed by atoms with Crippen molar-refractivity contribution in [1.82, 2.24) is 24.7 Å². The molecule has 664 valence electrons. The van der Waals surface area contributed by atoms with Gasteiger partial charge in [-0.3, -0.25) is 27.6 Å². The van der Waals surface area contributed by atoms with Crippen LogP contribution in [0.15, 0.2) is 131 Å². The number of hydrogen-bond acceptors (Lipinski definition) is 24. The Hall–Kier alpha value is -9.42. The second-order valence-electron chi connectivity index (χ2n) is 33.0. The lowest BCUT2D eigenvalue weighted by Gasteiger charge is -2.63. The maximum absolute atomic E-state index is 16.0. The number of aliphatic hydroxyl groups is 1. The Kier molecular flexibility index (Phi) is 27.3. The van der Waals surface area contributed by atoms with E-state index in [0.717, 1.165) is 34.7 Å². The third-order valence-corrected chi connectivity index (χ3v) is 28.2. The highest BCUT2D eigenvalue weighted by Crippen LogP contribution is 2.68. The molecule has 6 aliphatic rings. The molecule has 12 atom stereocenters. The first-order valence-electron chi connectivity index (χ1n) is 40.2. The lowest BCUT2D eigenvalue weighted by molar-refractivity contribution is -0.228. The van der Waals surface area contributed by atoms with Gasteiger partial charge in [-0.05, 0) is 170 Å². The molecule has 3 N–H and O–H groups in total. The molecule has 0 amide bonds. The maximum atomic E-state index is 16.0. The van der Waals surface area contributed by atoms with Gasteiger partial charge in [-0.15, -0.1) is 0 Å². The quantitative estimate of drug-likeness (QED) is 0.0223. The van der Waals surface area contributed by atoms with Crippen LogP contribution in [-0.2, 0) is 109 Å². The summed E-state index contributed by atoms with van der Waals surface area (Å²) in [7, 11) is 1.26. The minimum atomic E-state index is -5.40. The Balaban J connectivity index is 0.000000274. The van der Waals surface area contributed by atoms with Crippen LogP contribution in [0.3, 0.4) is 0 Å². The first-order chi connectivity index (χ1) is 57.0. The Labute approximate surface area is 706 Å². The molecule has 122 heavy (non-hydrogen) atoms. The van der Waals surface area contributed by atoms with Gasteiger partial charge in [0.2, 0.25) is 5.60 Å². The van der Waals surface area contributed by atoms with Gasteiger partial charge in [0, 0.05) is 114 Å². The summed E-state index contributed by atoms with van der Waals surface area (Å²) in [6.07, 6.45) is -8.24. The molecule has 7 heterocycles. The molecule has 2 fully saturated rings. The zero-order valence-electron chi connectivity index (χ0n) is 69.8. The molecule has 13 rings (SSSR count). The van der Waals surface area contributed by atoms with Crippen molar-refractivity contribution in [3.63, 3.8) is 0 Å². The van der Waals surface area contributed by atoms with Gasteiger partial charge in [0.15, 0.2) is 6.10 Å². The fraction of sp³-hybridized carbons (Fsp3) is 0.523. The van der Waals surface area contributed by atoms with Gasteiger partial charge in [-0.1, -0.05) is 112 Å². The molecule has 26 nitrogen and oxygen atoms in total. The van der Waals surface area contributed by atoms with Gasteiger partial charge in [0.25, 0.3) is 20.2 Å². The zero-order chi connectivity index (χ0) is 88.1. The van der Waals surface area contributed by atoms with Crippen molar-refractivity contribution in [1.29, 1.82) is 0 Å². The van der Waals surface area contributed by atoms with E-state index in [-0.39, 0.29) is 80.3 Å². The molecule has 7 aromatic rings. The van der Waals surface area contributed by atoms with Crippen molar-refractivity contribution in [2.75, 3.05) is 107 Å². The maximum Gasteiger partial charge on any atom is 0.490 e. The number of alkyl halides is 6. The van der Waals surface area contributed by atoms with Crippen LogP contribution < -0.4 is 9.64 Å². The number of H-pyrrole nitrogens is 2.